The highest BCUT2D eigenvalue weighted by Gasteiger charge is 2.17. The molecular formula is C20H21N3O4S2. The number of carbonyl (C=O) groups excluding carboxylic acids is 1. The third-order valence-corrected chi connectivity index (χ3v) is 6.44. The smallest absolute Gasteiger partial charge is 0.263 e. The van der Waals surface area contributed by atoms with Crippen LogP contribution >= 0.6 is 11.3 Å². The average molecular weight is 432 g/mol. The predicted molar refractivity (Wildman–Crippen MR) is 114 cm³/mol. The number of nitrogens with one attached hydrogen (secondary N) is 2. The number of hydrogen-bond donors (Lipinski definition) is 2. The van der Waals surface area contributed by atoms with E-state index in [0.717, 1.165) is 28.2 Å². The lowest BCUT2D eigenvalue weighted by molar-refractivity contribution is -0.115. The molecule has 0 fully saturated rings. The standard InChI is InChI=1S/C20H21N3O4S2/c1-13-4-5-14(2)18(10-13)22-19(24)11-15-12-28-20(21-15)23-29(25,26)17-8-6-16(27-3)7-9-17/h4-10,12H,11H2,1-3H3,(H,21,23)(H,22,24). The van der Waals surface area contributed by atoms with Crippen LogP contribution in [-0.4, -0.2) is 26.4 Å². The van der Waals surface area contributed by atoms with Gasteiger partial charge in [0.2, 0.25) is 5.91 Å². The maximum absolute atomic E-state index is 12.5. The van der Waals surface area contributed by atoms with Gasteiger partial charge in [-0.25, -0.2) is 13.4 Å². The number of benzene rings is 2. The third-order valence-electron chi connectivity index (χ3n) is 4.15. The molecule has 0 aliphatic rings. The fourth-order valence-electron chi connectivity index (χ4n) is 2.59. The van der Waals surface area contributed by atoms with Crippen LogP contribution in [-0.2, 0) is 21.2 Å². The van der Waals surface area contributed by atoms with E-state index in [4.69, 9.17) is 4.74 Å². The molecule has 0 bridgehead atoms. The van der Waals surface area contributed by atoms with Crippen molar-refractivity contribution < 1.29 is 17.9 Å². The van der Waals surface area contributed by atoms with Crippen molar-refractivity contribution in [2.45, 2.75) is 25.2 Å². The fourth-order valence-corrected chi connectivity index (χ4v) is 4.56. The Balaban J connectivity index is 1.65. The van der Waals surface area contributed by atoms with Crippen LogP contribution in [0.1, 0.15) is 16.8 Å². The van der Waals surface area contributed by atoms with E-state index in [9.17, 15) is 13.2 Å². The summed E-state index contributed by atoms with van der Waals surface area (Å²) in [6, 6.07) is 11.9. The number of ether oxygens (including phenoxy) is 1. The zero-order valence-corrected chi connectivity index (χ0v) is 17.9. The number of rotatable bonds is 7. The summed E-state index contributed by atoms with van der Waals surface area (Å²) in [5.41, 5.74) is 3.26. The van der Waals surface area contributed by atoms with E-state index >= 15 is 0 Å². The topological polar surface area (TPSA) is 97.4 Å². The van der Waals surface area contributed by atoms with Crippen molar-refractivity contribution in [1.82, 2.24) is 4.98 Å². The maximum atomic E-state index is 12.5. The molecule has 3 rings (SSSR count). The Bertz CT molecular complexity index is 1120. The van der Waals surface area contributed by atoms with Gasteiger partial charge in [0.15, 0.2) is 5.13 Å². The van der Waals surface area contributed by atoms with Gasteiger partial charge >= 0.3 is 0 Å². The summed E-state index contributed by atoms with van der Waals surface area (Å²) in [6.45, 7) is 3.88. The lowest BCUT2D eigenvalue weighted by Crippen LogP contribution is -2.16. The first kappa shape index (κ1) is 20.8. The Hall–Kier alpha value is -2.91. The number of aryl methyl sites for hydroxylation is 2. The normalized spacial score (nSPS) is 11.1. The van der Waals surface area contributed by atoms with E-state index in [-0.39, 0.29) is 22.4 Å². The first-order valence-corrected chi connectivity index (χ1v) is 11.1. The number of sulfonamides is 1. The van der Waals surface area contributed by atoms with Gasteiger partial charge in [0.1, 0.15) is 5.75 Å². The molecule has 0 atom stereocenters. The van der Waals surface area contributed by atoms with Gasteiger partial charge in [-0.15, -0.1) is 11.3 Å². The van der Waals surface area contributed by atoms with Gasteiger partial charge in [-0.05, 0) is 55.3 Å². The average Bonchev–Trinajstić information content (AvgIpc) is 3.10. The van der Waals surface area contributed by atoms with Crippen molar-refractivity contribution in [2.75, 3.05) is 17.1 Å². The minimum atomic E-state index is -3.77. The van der Waals surface area contributed by atoms with Crippen molar-refractivity contribution in [3.8, 4) is 5.75 Å². The number of anilines is 2. The zero-order valence-electron chi connectivity index (χ0n) is 16.2. The molecule has 9 heteroatoms. The summed E-state index contributed by atoms with van der Waals surface area (Å²) >= 11 is 1.13. The predicted octanol–water partition coefficient (Wildman–Crippen LogP) is 3.75. The number of amides is 1. The number of nitrogens with zero attached hydrogens (tertiary/aromatic N) is 1. The monoisotopic (exact) mass is 431 g/mol. The molecule has 29 heavy (non-hydrogen) atoms. The lowest BCUT2D eigenvalue weighted by atomic mass is 10.1. The molecule has 0 saturated heterocycles. The third kappa shape index (κ3) is 5.33. The van der Waals surface area contributed by atoms with Gasteiger partial charge in [-0.2, -0.15) is 0 Å². The van der Waals surface area contributed by atoms with Gasteiger partial charge in [0.25, 0.3) is 10.0 Å². The van der Waals surface area contributed by atoms with Gasteiger partial charge in [-0.1, -0.05) is 12.1 Å². The van der Waals surface area contributed by atoms with Crippen LogP contribution in [0.2, 0.25) is 0 Å². The Morgan fingerprint density at radius 1 is 1.14 bits per heavy atom. The van der Waals surface area contributed by atoms with Gasteiger partial charge in [0, 0.05) is 11.1 Å². The van der Waals surface area contributed by atoms with Gasteiger partial charge < -0.3 is 10.1 Å². The molecule has 0 spiro atoms. The number of hydrogen-bond acceptors (Lipinski definition) is 6. The number of carbonyl (C=O) groups is 1. The summed E-state index contributed by atoms with van der Waals surface area (Å²) in [7, 11) is -2.26. The van der Waals surface area contributed by atoms with Crippen molar-refractivity contribution >= 4 is 38.1 Å². The highest BCUT2D eigenvalue weighted by molar-refractivity contribution is 7.93. The first-order chi connectivity index (χ1) is 13.8. The van der Waals surface area contributed by atoms with Crippen LogP contribution in [0, 0.1) is 13.8 Å². The molecule has 7 nitrogen and oxygen atoms in total. The van der Waals surface area contributed by atoms with Crippen LogP contribution in [0.25, 0.3) is 0 Å². The SMILES string of the molecule is COc1ccc(S(=O)(=O)Nc2nc(CC(=O)Nc3cc(C)ccc3C)cs2)cc1. The second-order valence-corrected chi connectivity index (χ2v) is 9.01. The Kier molecular flexibility index (Phi) is 6.19. The number of thiazole rings is 1. The molecule has 0 unspecified atom stereocenters. The van der Waals surface area contributed by atoms with Gasteiger partial charge in [0.05, 0.1) is 24.1 Å². The lowest BCUT2D eigenvalue weighted by Gasteiger charge is -2.08. The van der Waals surface area contributed by atoms with E-state index in [1.807, 2.05) is 32.0 Å². The molecule has 2 aromatic carbocycles. The number of aromatic nitrogens is 1. The van der Waals surface area contributed by atoms with Crippen molar-refractivity contribution in [1.29, 1.82) is 0 Å². The maximum Gasteiger partial charge on any atom is 0.263 e. The molecule has 1 heterocycles. The molecule has 0 radical (unpaired) electrons. The minimum absolute atomic E-state index is 0.0497. The highest BCUT2D eigenvalue weighted by atomic mass is 32.2. The van der Waals surface area contributed by atoms with Crippen LogP contribution < -0.4 is 14.8 Å². The Labute approximate surface area is 173 Å². The van der Waals surface area contributed by atoms with E-state index in [1.165, 1.54) is 19.2 Å². The van der Waals surface area contributed by atoms with E-state index in [1.54, 1.807) is 17.5 Å². The zero-order chi connectivity index (χ0) is 21.0. The fraction of sp³-hybridized carbons (Fsp3) is 0.200. The molecule has 0 aliphatic carbocycles. The summed E-state index contributed by atoms with van der Waals surface area (Å²) < 4.78 is 32.4. The summed E-state index contributed by atoms with van der Waals surface area (Å²) in [5, 5.41) is 4.73. The van der Waals surface area contributed by atoms with Gasteiger partial charge in [-0.3, -0.25) is 9.52 Å². The Morgan fingerprint density at radius 3 is 2.55 bits per heavy atom. The second kappa shape index (κ2) is 8.62. The van der Waals surface area contributed by atoms with Crippen molar-refractivity contribution in [2.24, 2.45) is 0 Å². The molecule has 0 saturated carbocycles. The second-order valence-electron chi connectivity index (χ2n) is 6.47. The molecule has 152 valence electrons. The molecule has 2 N–H and O–H groups in total. The molecule has 0 aliphatic heterocycles. The van der Waals surface area contributed by atoms with Crippen LogP contribution in [0.3, 0.4) is 0 Å². The van der Waals surface area contributed by atoms with Crippen LogP contribution in [0.4, 0.5) is 10.8 Å². The number of methoxy groups -OCH3 is 1. The first-order valence-electron chi connectivity index (χ1n) is 8.75. The largest absolute Gasteiger partial charge is 0.497 e. The van der Waals surface area contributed by atoms with E-state index in [0.29, 0.717) is 11.4 Å². The quantitative estimate of drug-likeness (QED) is 0.594. The Morgan fingerprint density at radius 2 is 1.86 bits per heavy atom. The highest BCUT2D eigenvalue weighted by Crippen LogP contribution is 2.22. The summed E-state index contributed by atoms with van der Waals surface area (Å²) in [4.78, 5) is 16.6. The van der Waals surface area contributed by atoms with Crippen molar-refractivity contribution in [3.05, 3.63) is 64.7 Å². The van der Waals surface area contributed by atoms with Crippen molar-refractivity contribution in [3.63, 3.8) is 0 Å². The minimum Gasteiger partial charge on any atom is -0.497 e. The molecule has 3 aromatic rings. The van der Waals surface area contributed by atoms with Crippen LogP contribution in [0.15, 0.2) is 52.7 Å². The van der Waals surface area contributed by atoms with E-state index in [2.05, 4.69) is 15.0 Å². The molecule has 1 amide bonds. The van der Waals surface area contributed by atoms with Crippen LogP contribution in [0.5, 0.6) is 5.75 Å². The molecular weight excluding hydrogens is 410 g/mol. The summed E-state index contributed by atoms with van der Waals surface area (Å²) in [6.07, 6.45) is 0.0497. The van der Waals surface area contributed by atoms with E-state index < -0.39 is 10.0 Å². The molecule has 1 aromatic heterocycles. The summed E-state index contributed by atoms with van der Waals surface area (Å²) in [5.74, 6) is 0.351.